The lowest BCUT2D eigenvalue weighted by molar-refractivity contribution is -0.150. The molecule has 19 heavy (non-hydrogen) atoms. The second-order valence-electron chi connectivity index (χ2n) is 5.18. The van der Waals surface area contributed by atoms with Gasteiger partial charge in [0.2, 0.25) is 5.91 Å². The van der Waals surface area contributed by atoms with E-state index in [9.17, 15) is 14.4 Å². The molecule has 0 radical (unpaired) electrons. The Hall–Kier alpha value is -1.59. The first-order chi connectivity index (χ1) is 8.86. The zero-order valence-corrected chi connectivity index (χ0v) is 11.6. The fourth-order valence-electron chi connectivity index (χ4n) is 2.38. The number of carbonyl (C=O) groups is 3. The van der Waals surface area contributed by atoms with Gasteiger partial charge in [0, 0.05) is 12.0 Å². The number of nitrogens with zero attached hydrogens (tertiary/aromatic N) is 1. The molecule has 1 rings (SSSR count). The molecular weight excluding hydrogens is 250 g/mol. The van der Waals surface area contributed by atoms with E-state index in [-0.39, 0.29) is 24.4 Å². The molecule has 1 amide bonds. The van der Waals surface area contributed by atoms with Gasteiger partial charge in [-0.15, -0.1) is 0 Å². The first kappa shape index (κ1) is 15.5. The molecular formula is C13H21NO5. The number of amides is 1. The van der Waals surface area contributed by atoms with E-state index in [1.54, 1.807) is 0 Å². The number of hydrogen-bond donors (Lipinski definition) is 1. The predicted octanol–water partition coefficient (Wildman–Crippen LogP) is 0.897. The zero-order valence-electron chi connectivity index (χ0n) is 11.6. The first-order valence-electron chi connectivity index (χ1n) is 6.46. The van der Waals surface area contributed by atoms with Crippen molar-refractivity contribution in [2.24, 2.45) is 11.8 Å². The van der Waals surface area contributed by atoms with E-state index in [4.69, 9.17) is 5.11 Å². The van der Waals surface area contributed by atoms with E-state index in [2.05, 4.69) is 4.74 Å². The van der Waals surface area contributed by atoms with E-state index in [1.165, 1.54) is 12.0 Å². The summed E-state index contributed by atoms with van der Waals surface area (Å²) in [6, 6.07) is -0.115. The monoisotopic (exact) mass is 271 g/mol. The highest BCUT2D eigenvalue weighted by Crippen LogP contribution is 2.32. The largest absolute Gasteiger partial charge is 0.481 e. The van der Waals surface area contributed by atoms with Crippen LogP contribution in [-0.2, 0) is 19.1 Å². The molecule has 0 spiro atoms. The van der Waals surface area contributed by atoms with Crippen LogP contribution in [0.2, 0.25) is 0 Å². The van der Waals surface area contributed by atoms with Crippen molar-refractivity contribution in [2.45, 2.75) is 39.2 Å². The summed E-state index contributed by atoms with van der Waals surface area (Å²) in [6.07, 6.45) is 1.45. The van der Waals surface area contributed by atoms with Crippen LogP contribution in [0, 0.1) is 11.8 Å². The summed E-state index contributed by atoms with van der Waals surface area (Å²) in [7, 11) is 1.28. The van der Waals surface area contributed by atoms with Gasteiger partial charge in [-0.3, -0.25) is 14.4 Å². The Morgan fingerprint density at radius 3 is 2.26 bits per heavy atom. The molecule has 1 fully saturated rings. The normalized spacial score (nSPS) is 22.3. The van der Waals surface area contributed by atoms with Crippen molar-refractivity contribution < 1.29 is 24.2 Å². The Bertz CT molecular complexity index is 366. The van der Waals surface area contributed by atoms with Crippen molar-refractivity contribution in [3.05, 3.63) is 0 Å². The molecule has 108 valence electrons. The second kappa shape index (κ2) is 6.54. The van der Waals surface area contributed by atoms with Crippen molar-refractivity contribution in [3.63, 3.8) is 0 Å². The molecule has 1 N–H and O–H groups in total. The molecule has 1 aliphatic carbocycles. The summed E-state index contributed by atoms with van der Waals surface area (Å²) in [4.78, 5) is 36.0. The molecule has 1 aliphatic rings. The van der Waals surface area contributed by atoms with Crippen LogP contribution in [0.1, 0.15) is 33.1 Å². The number of aliphatic carboxylic acids is 1. The maximum Gasteiger partial charge on any atom is 0.325 e. The van der Waals surface area contributed by atoms with Gasteiger partial charge in [-0.1, -0.05) is 0 Å². The Kier molecular flexibility index (Phi) is 5.32. The smallest absolute Gasteiger partial charge is 0.325 e. The minimum absolute atomic E-state index is 0.0821. The summed E-state index contributed by atoms with van der Waals surface area (Å²) in [6.45, 7) is 3.57. The highest BCUT2D eigenvalue weighted by molar-refractivity contribution is 5.85. The molecule has 0 heterocycles. The lowest BCUT2D eigenvalue weighted by Gasteiger charge is -2.28. The average molecular weight is 271 g/mol. The van der Waals surface area contributed by atoms with Crippen molar-refractivity contribution in [3.8, 4) is 0 Å². The van der Waals surface area contributed by atoms with Gasteiger partial charge < -0.3 is 14.7 Å². The van der Waals surface area contributed by atoms with Gasteiger partial charge in [-0.2, -0.15) is 0 Å². The molecule has 6 heteroatoms. The number of ether oxygens (including phenoxy) is 1. The van der Waals surface area contributed by atoms with E-state index in [0.717, 1.165) is 0 Å². The summed E-state index contributed by atoms with van der Waals surface area (Å²) in [5.41, 5.74) is 0. The van der Waals surface area contributed by atoms with Crippen molar-refractivity contribution >= 4 is 17.8 Å². The fraction of sp³-hybridized carbons (Fsp3) is 0.769. The topological polar surface area (TPSA) is 83.9 Å². The molecule has 0 aliphatic heterocycles. The van der Waals surface area contributed by atoms with E-state index >= 15 is 0 Å². The predicted molar refractivity (Wildman–Crippen MR) is 67.3 cm³/mol. The van der Waals surface area contributed by atoms with E-state index in [1.807, 2.05) is 13.8 Å². The fourth-order valence-corrected chi connectivity index (χ4v) is 2.38. The molecule has 0 aromatic heterocycles. The lowest BCUT2D eigenvalue weighted by Crippen LogP contribution is -2.43. The lowest BCUT2D eigenvalue weighted by atomic mass is 10.0. The van der Waals surface area contributed by atoms with Gasteiger partial charge in [0.25, 0.3) is 0 Å². The zero-order chi connectivity index (χ0) is 14.6. The van der Waals surface area contributed by atoms with Crippen LogP contribution in [-0.4, -0.2) is 47.5 Å². The molecule has 6 nitrogen and oxygen atoms in total. The molecule has 2 atom stereocenters. The van der Waals surface area contributed by atoms with E-state index < -0.39 is 17.9 Å². The number of esters is 1. The molecule has 0 bridgehead atoms. The van der Waals surface area contributed by atoms with Crippen molar-refractivity contribution in [1.82, 2.24) is 4.90 Å². The quantitative estimate of drug-likeness (QED) is 0.751. The van der Waals surface area contributed by atoms with Gasteiger partial charge >= 0.3 is 11.9 Å². The maximum atomic E-state index is 12.3. The second-order valence-corrected chi connectivity index (χ2v) is 5.18. The minimum Gasteiger partial charge on any atom is -0.481 e. The number of methoxy groups -OCH3 is 1. The van der Waals surface area contributed by atoms with Crippen LogP contribution >= 0.6 is 0 Å². The number of carbonyl (C=O) groups excluding carboxylic acids is 2. The molecule has 0 unspecified atom stereocenters. The maximum absolute atomic E-state index is 12.3. The number of rotatable bonds is 5. The Labute approximate surface area is 112 Å². The van der Waals surface area contributed by atoms with Crippen molar-refractivity contribution in [1.29, 1.82) is 0 Å². The van der Waals surface area contributed by atoms with Crippen LogP contribution in [0.25, 0.3) is 0 Å². The molecule has 0 saturated heterocycles. The van der Waals surface area contributed by atoms with Gasteiger partial charge in [0.15, 0.2) is 0 Å². The van der Waals surface area contributed by atoms with Crippen LogP contribution in [0.5, 0.6) is 0 Å². The Morgan fingerprint density at radius 2 is 1.84 bits per heavy atom. The van der Waals surface area contributed by atoms with Gasteiger partial charge in [0.1, 0.15) is 6.54 Å². The van der Waals surface area contributed by atoms with Gasteiger partial charge in [0.05, 0.1) is 13.0 Å². The van der Waals surface area contributed by atoms with Crippen LogP contribution < -0.4 is 0 Å². The SMILES string of the molecule is COC(=O)CN(C(=O)[C@@H]1CC[C@H](C(=O)O)C1)C(C)C. The van der Waals surface area contributed by atoms with E-state index in [0.29, 0.717) is 19.3 Å². The molecule has 0 aromatic rings. The van der Waals surface area contributed by atoms with Gasteiger partial charge in [-0.05, 0) is 33.1 Å². The highest BCUT2D eigenvalue weighted by Gasteiger charge is 2.37. The Morgan fingerprint density at radius 1 is 1.26 bits per heavy atom. The van der Waals surface area contributed by atoms with Crippen LogP contribution in [0.15, 0.2) is 0 Å². The Balaban J connectivity index is 2.68. The first-order valence-corrected chi connectivity index (χ1v) is 6.46. The molecule has 0 aromatic carbocycles. The summed E-state index contributed by atoms with van der Waals surface area (Å²) < 4.78 is 4.58. The third kappa shape index (κ3) is 3.94. The number of carboxylic acid groups (broad SMARTS) is 1. The number of hydrogen-bond acceptors (Lipinski definition) is 4. The third-order valence-corrected chi connectivity index (χ3v) is 3.56. The standard InChI is InChI=1S/C13H21NO5/c1-8(2)14(7-11(15)19-3)12(16)9-4-5-10(6-9)13(17)18/h8-10H,4-7H2,1-3H3,(H,17,18)/t9-,10+/m1/s1. The van der Waals surface area contributed by atoms with Crippen molar-refractivity contribution in [2.75, 3.05) is 13.7 Å². The van der Waals surface area contributed by atoms with Gasteiger partial charge in [-0.25, -0.2) is 0 Å². The summed E-state index contributed by atoms with van der Waals surface area (Å²) in [5.74, 6) is -2.20. The minimum atomic E-state index is -0.848. The summed E-state index contributed by atoms with van der Waals surface area (Å²) in [5, 5.41) is 8.95. The average Bonchev–Trinajstić information content (AvgIpc) is 2.84. The third-order valence-electron chi connectivity index (χ3n) is 3.56. The van der Waals surface area contributed by atoms with Crippen LogP contribution in [0.3, 0.4) is 0 Å². The number of carboxylic acids is 1. The van der Waals surface area contributed by atoms with Crippen LogP contribution in [0.4, 0.5) is 0 Å². The molecule has 1 saturated carbocycles. The summed E-state index contributed by atoms with van der Waals surface area (Å²) >= 11 is 0. The highest BCUT2D eigenvalue weighted by atomic mass is 16.5.